The third-order valence-electron chi connectivity index (χ3n) is 6.15. The number of hydrogen-bond acceptors (Lipinski definition) is 5. The average molecular weight is 588 g/mol. The van der Waals surface area contributed by atoms with Crippen LogP contribution in [0.3, 0.4) is 0 Å². The highest BCUT2D eigenvalue weighted by Crippen LogP contribution is 2.34. The summed E-state index contributed by atoms with van der Waals surface area (Å²) in [6.07, 6.45) is -1.23. The van der Waals surface area contributed by atoms with Gasteiger partial charge in [0.2, 0.25) is 0 Å². The molecule has 3 aromatic carbocycles. The molecule has 0 saturated carbocycles. The summed E-state index contributed by atoms with van der Waals surface area (Å²) in [4.78, 5) is 0. The van der Waals surface area contributed by atoms with E-state index in [4.69, 9.17) is 23.7 Å². The number of halogens is 1. The first-order valence-electron chi connectivity index (χ1n) is 12.0. The van der Waals surface area contributed by atoms with Gasteiger partial charge < -0.3 is 23.7 Å². The molecule has 0 bridgehead atoms. The van der Waals surface area contributed by atoms with Gasteiger partial charge in [-0.15, -0.1) is 0 Å². The van der Waals surface area contributed by atoms with E-state index in [0.717, 1.165) is 21.1 Å². The monoisotopic (exact) mass is 588 g/mol. The van der Waals surface area contributed by atoms with E-state index in [0.29, 0.717) is 26.4 Å². The first kappa shape index (κ1) is 26.3. The maximum absolute atomic E-state index is 6.56. The van der Waals surface area contributed by atoms with E-state index in [-0.39, 0.29) is 24.2 Å². The molecule has 1 fully saturated rings. The van der Waals surface area contributed by atoms with Gasteiger partial charge in [0.25, 0.3) is 0 Å². The summed E-state index contributed by atoms with van der Waals surface area (Å²) < 4.78 is 32.2. The predicted molar refractivity (Wildman–Crippen MR) is 144 cm³/mol. The van der Waals surface area contributed by atoms with Gasteiger partial charge in [-0.1, -0.05) is 114 Å². The summed E-state index contributed by atoms with van der Waals surface area (Å²) in [7, 11) is 1.69. The zero-order chi connectivity index (χ0) is 24.3. The standard InChI is InChI=1S/C29H33IO5/c1-31-29-25(17-30)27(33-19-23-13-7-3-8-14-23)28(34-20-24-15-9-4-10-16-24)26(35-29)21-32-18-22-11-5-2-6-12-22/h2-16,25-29H,17-21H2,1H3/t25-,26-,27-,28-,29?/m1/s1. The number of benzene rings is 3. The van der Waals surface area contributed by atoms with Crippen LogP contribution in [0.25, 0.3) is 0 Å². The molecule has 3 aromatic rings. The van der Waals surface area contributed by atoms with Crippen LogP contribution in [0, 0.1) is 5.92 Å². The van der Waals surface area contributed by atoms with Crippen LogP contribution >= 0.6 is 22.6 Å². The van der Waals surface area contributed by atoms with Crippen molar-refractivity contribution in [2.24, 2.45) is 5.92 Å². The quantitative estimate of drug-likeness (QED) is 0.198. The van der Waals surface area contributed by atoms with E-state index < -0.39 is 6.29 Å². The van der Waals surface area contributed by atoms with Gasteiger partial charge in [0, 0.05) is 17.5 Å². The van der Waals surface area contributed by atoms with Gasteiger partial charge in [-0.25, -0.2) is 0 Å². The molecule has 5 atom stereocenters. The van der Waals surface area contributed by atoms with Gasteiger partial charge in [0.15, 0.2) is 6.29 Å². The van der Waals surface area contributed by atoms with Gasteiger partial charge in [0.1, 0.15) is 12.2 Å². The summed E-state index contributed by atoms with van der Waals surface area (Å²) >= 11 is 2.38. The molecule has 0 spiro atoms. The smallest absolute Gasteiger partial charge is 0.163 e. The molecule has 5 nitrogen and oxygen atoms in total. The minimum atomic E-state index is -0.394. The minimum absolute atomic E-state index is 0.0236. The molecular weight excluding hydrogens is 555 g/mol. The fourth-order valence-corrected chi connectivity index (χ4v) is 5.22. The Bertz CT molecular complexity index is 972. The maximum atomic E-state index is 6.56. The van der Waals surface area contributed by atoms with Crippen LogP contribution in [-0.2, 0) is 43.5 Å². The largest absolute Gasteiger partial charge is 0.374 e. The van der Waals surface area contributed by atoms with Crippen molar-refractivity contribution < 1.29 is 23.7 Å². The molecule has 0 radical (unpaired) electrons. The Balaban J connectivity index is 1.51. The molecule has 0 N–H and O–H groups in total. The molecule has 0 aromatic heterocycles. The van der Waals surface area contributed by atoms with Crippen LogP contribution in [0.1, 0.15) is 16.7 Å². The second-order valence-electron chi connectivity index (χ2n) is 8.62. The fraction of sp³-hybridized carbons (Fsp3) is 0.379. The van der Waals surface area contributed by atoms with Crippen molar-refractivity contribution in [3.05, 3.63) is 108 Å². The van der Waals surface area contributed by atoms with Crippen LogP contribution in [0.5, 0.6) is 0 Å². The normalized spacial score (nSPS) is 24.3. The Kier molecular flexibility index (Phi) is 10.6. The SMILES string of the molecule is COC1O[C@H](COCc2ccccc2)[C@@H](OCc2ccccc2)[C@H](OCc2ccccc2)[C@H]1CI. The number of rotatable bonds is 12. The molecule has 1 aliphatic heterocycles. The van der Waals surface area contributed by atoms with Gasteiger partial charge in [-0.2, -0.15) is 0 Å². The molecule has 0 aliphatic carbocycles. The fourth-order valence-electron chi connectivity index (χ4n) is 4.31. The average Bonchev–Trinajstić information content (AvgIpc) is 2.92. The lowest BCUT2D eigenvalue weighted by Crippen LogP contribution is -2.58. The highest BCUT2D eigenvalue weighted by Gasteiger charge is 2.47. The van der Waals surface area contributed by atoms with Crippen LogP contribution in [-0.4, -0.2) is 42.7 Å². The Morgan fingerprint density at radius 2 is 1.17 bits per heavy atom. The highest BCUT2D eigenvalue weighted by atomic mass is 127. The summed E-state index contributed by atoms with van der Waals surface area (Å²) in [5.41, 5.74) is 3.35. The van der Waals surface area contributed by atoms with Crippen molar-refractivity contribution in [1.82, 2.24) is 0 Å². The number of hydrogen-bond donors (Lipinski definition) is 0. The van der Waals surface area contributed by atoms with Crippen molar-refractivity contribution in [3.63, 3.8) is 0 Å². The lowest BCUT2D eigenvalue weighted by atomic mass is 9.91. The van der Waals surface area contributed by atoms with Gasteiger partial charge in [-0.05, 0) is 16.7 Å². The molecule has 1 heterocycles. The van der Waals surface area contributed by atoms with E-state index in [2.05, 4.69) is 59.0 Å². The topological polar surface area (TPSA) is 46.2 Å². The Labute approximate surface area is 221 Å². The van der Waals surface area contributed by atoms with Crippen molar-refractivity contribution in [2.75, 3.05) is 18.1 Å². The van der Waals surface area contributed by atoms with Crippen LogP contribution in [0.4, 0.5) is 0 Å². The highest BCUT2D eigenvalue weighted by molar-refractivity contribution is 14.1. The first-order valence-corrected chi connectivity index (χ1v) is 13.5. The molecular formula is C29H33IO5. The first-order chi connectivity index (χ1) is 17.3. The maximum Gasteiger partial charge on any atom is 0.163 e. The van der Waals surface area contributed by atoms with E-state index in [9.17, 15) is 0 Å². The second kappa shape index (κ2) is 14.1. The molecule has 1 unspecified atom stereocenters. The molecule has 1 aliphatic rings. The van der Waals surface area contributed by atoms with E-state index in [1.54, 1.807) is 7.11 Å². The van der Waals surface area contributed by atoms with Gasteiger partial charge in [-0.3, -0.25) is 0 Å². The van der Waals surface area contributed by atoms with Crippen LogP contribution in [0.15, 0.2) is 91.0 Å². The lowest BCUT2D eigenvalue weighted by molar-refractivity contribution is -0.294. The molecule has 1 saturated heterocycles. The summed E-state index contributed by atoms with van der Waals surface area (Å²) in [5, 5.41) is 0. The minimum Gasteiger partial charge on any atom is -0.374 e. The zero-order valence-corrected chi connectivity index (χ0v) is 22.2. The van der Waals surface area contributed by atoms with E-state index in [1.807, 2.05) is 54.6 Å². The number of ether oxygens (including phenoxy) is 5. The summed E-state index contributed by atoms with van der Waals surface area (Å²) in [6.45, 7) is 1.86. The van der Waals surface area contributed by atoms with Crippen LogP contribution in [0.2, 0.25) is 0 Å². The molecule has 0 amide bonds. The van der Waals surface area contributed by atoms with Crippen molar-refractivity contribution in [2.45, 2.75) is 44.4 Å². The van der Waals surface area contributed by atoms with E-state index >= 15 is 0 Å². The van der Waals surface area contributed by atoms with Crippen molar-refractivity contribution >= 4 is 22.6 Å². The van der Waals surface area contributed by atoms with Crippen LogP contribution < -0.4 is 0 Å². The number of methoxy groups -OCH3 is 1. The third-order valence-corrected chi connectivity index (χ3v) is 7.16. The zero-order valence-electron chi connectivity index (χ0n) is 20.0. The van der Waals surface area contributed by atoms with Gasteiger partial charge >= 0.3 is 0 Å². The third kappa shape index (κ3) is 7.59. The van der Waals surface area contributed by atoms with Crippen molar-refractivity contribution in [1.29, 1.82) is 0 Å². The molecule has 6 heteroatoms. The second-order valence-corrected chi connectivity index (χ2v) is 9.50. The Morgan fingerprint density at radius 1 is 0.686 bits per heavy atom. The number of alkyl halides is 1. The van der Waals surface area contributed by atoms with Gasteiger partial charge in [0.05, 0.1) is 32.5 Å². The molecule has 35 heavy (non-hydrogen) atoms. The summed E-state index contributed by atoms with van der Waals surface area (Å²) in [5.74, 6) is 0.0236. The summed E-state index contributed by atoms with van der Waals surface area (Å²) in [6, 6.07) is 30.6. The van der Waals surface area contributed by atoms with E-state index in [1.165, 1.54) is 0 Å². The van der Waals surface area contributed by atoms with Crippen molar-refractivity contribution in [3.8, 4) is 0 Å². The molecule has 186 valence electrons. The molecule has 4 rings (SSSR count). The predicted octanol–water partition coefficient (Wildman–Crippen LogP) is 5.80. The Hall–Kier alpha value is -1.81. The Morgan fingerprint density at radius 3 is 1.66 bits per heavy atom. The lowest BCUT2D eigenvalue weighted by Gasteiger charge is -2.45.